The van der Waals surface area contributed by atoms with E-state index in [1.165, 1.54) is 40.4 Å². The molecule has 1 saturated carbocycles. The van der Waals surface area contributed by atoms with Crippen LogP contribution in [0.3, 0.4) is 0 Å². The molecule has 3 heterocycles. The lowest BCUT2D eigenvalue weighted by atomic mass is 9.97. The smallest absolute Gasteiger partial charge is 0.273 e. The fourth-order valence-corrected chi connectivity index (χ4v) is 4.91. The number of piperidine rings is 1. The third-order valence-corrected chi connectivity index (χ3v) is 6.91. The van der Waals surface area contributed by atoms with Gasteiger partial charge < -0.3 is 15.5 Å². The number of amides is 2. The van der Waals surface area contributed by atoms with E-state index >= 15 is 0 Å². The van der Waals surface area contributed by atoms with Crippen LogP contribution in [0.2, 0.25) is 0 Å². The van der Waals surface area contributed by atoms with Crippen molar-refractivity contribution in [1.29, 1.82) is 0 Å². The molecule has 1 aliphatic heterocycles. The summed E-state index contributed by atoms with van der Waals surface area (Å²) >= 11 is 1.21. The van der Waals surface area contributed by atoms with Crippen LogP contribution >= 0.6 is 11.3 Å². The molecule has 2 amide bonds. The van der Waals surface area contributed by atoms with Gasteiger partial charge in [0.15, 0.2) is 10.8 Å². The number of benzene rings is 1. The van der Waals surface area contributed by atoms with Gasteiger partial charge in [0.2, 0.25) is 11.8 Å². The molecule has 2 fully saturated rings. The highest BCUT2D eigenvalue weighted by Crippen LogP contribution is 2.30. The maximum absolute atomic E-state index is 13.8. The van der Waals surface area contributed by atoms with Gasteiger partial charge in [-0.2, -0.15) is 4.98 Å². The van der Waals surface area contributed by atoms with Gasteiger partial charge in [-0.1, -0.05) is 23.5 Å². The molecule has 1 saturated heterocycles. The molecule has 0 radical (unpaired) electrons. The first kappa shape index (κ1) is 21.5. The number of carbonyl (C=O) groups is 2. The van der Waals surface area contributed by atoms with E-state index in [-0.39, 0.29) is 29.6 Å². The molecule has 0 bridgehead atoms. The zero-order chi connectivity index (χ0) is 22.9. The maximum atomic E-state index is 13.8. The minimum absolute atomic E-state index is 0.0510. The molecule has 172 valence electrons. The topological polar surface area (TPSA) is 109 Å². The highest BCUT2D eigenvalue weighted by atomic mass is 32.1. The lowest BCUT2D eigenvalue weighted by molar-refractivity contribution is -0.125. The second-order valence-electron chi connectivity index (χ2n) is 8.42. The average Bonchev–Trinajstić information content (AvgIpc) is 3.51. The summed E-state index contributed by atoms with van der Waals surface area (Å²) in [6.07, 6.45) is 5.08. The Morgan fingerprint density at radius 1 is 1.21 bits per heavy atom. The van der Waals surface area contributed by atoms with Crippen molar-refractivity contribution in [2.75, 3.05) is 23.3 Å². The number of aromatic nitrogens is 3. The van der Waals surface area contributed by atoms with Crippen molar-refractivity contribution in [3.63, 3.8) is 0 Å². The van der Waals surface area contributed by atoms with Gasteiger partial charge in [-0.05, 0) is 37.8 Å². The summed E-state index contributed by atoms with van der Waals surface area (Å²) in [5.41, 5.74) is -0.0159. The van der Waals surface area contributed by atoms with Crippen molar-refractivity contribution in [3.8, 4) is 0 Å². The zero-order valence-electron chi connectivity index (χ0n) is 17.8. The quantitative estimate of drug-likeness (QED) is 0.571. The summed E-state index contributed by atoms with van der Waals surface area (Å²) in [4.78, 5) is 48.5. The van der Waals surface area contributed by atoms with E-state index < -0.39 is 11.7 Å². The van der Waals surface area contributed by atoms with Gasteiger partial charge in [-0.25, -0.2) is 9.37 Å². The van der Waals surface area contributed by atoms with E-state index in [9.17, 15) is 18.8 Å². The summed E-state index contributed by atoms with van der Waals surface area (Å²) in [5, 5.41) is 6.18. The van der Waals surface area contributed by atoms with Crippen LogP contribution < -0.4 is 21.1 Å². The summed E-state index contributed by atoms with van der Waals surface area (Å²) in [6.45, 7) is 1.01. The highest BCUT2D eigenvalue weighted by Gasteiger charge is 2.31. The van der Waals surface area contributed by atoms with Crippen molar-refractivity contribution in [2.45, 2.75) is 38.3 Å². The molecule has 1 unspecified atom stereocenters. The normalized spacial score (nSPS) is 18.3. The SMILES string of the molecule is O=C(Cn1cnc2nc(N3CCCC(C(=O)NC4CC4)C3)sc2c1=O)Nc1ccccc1F. The van der Waals surface area contributed by atoms with Gasteiger partial charge in [-0.15, -0.1) is 0 Å². The number of thiazole rings is 1. The fraction of sp³-hybridized carbons (Fsp3) is 0.409. The Kier molecular flexibility index (Phi) is 5.79. The van der Waals surface area contributed by atoms with Crippen LogP contribution in [-0.4, -0.2) is 45.5 Å². The zero-order valence-corrected chi connectivity index (χ0v) is 18.6. The van der Waals surface area contributed by atoms with Gasteiger partial charge in [0.05, 0.1) is 11.6 Å². The molecule has 1 atom stereocenters. The van der Waals surface area contributed by atoms with Crippen LogP contribution in [0.1, 0.15) is 25.7 Å². The molecule has 1 aromatic carbocycles. The third kappa shape index (κ3) is 4.72. The Morgan fingerprint density at radius 2 is 2.03 bits per heavy atom. The van der Waals surface area contributed by atoms with E-state index in [0.717, 1.165) is 32.2 Å². The van der Waals surface area contributed by atoms with Crippen LogP contribution in [-0.2, 0) is 16.1 Å². The predicted octanol–water partition coefficient (Wildman–Crippen LogP) is 2.13. The molecule has 2 N–H and O–H groups in total. The van der Waals surface area contributed by atoms with Crippen LogP contribution in [0, 0.1) is 11.7 Å². The fourth-order valence-electron chi connectivity index (χ4n) is 3.90. The van der Waals surface area contributed by atoms with Gasteiger partial charge in [0.1, 0.15) is 23.4 Å². The van der Waals surface area contributed by atoms with E-state index in [1.54, 1.807) is 6.07 Å². The highest BCUT2D eigenvalue weighted by molar-refractivity contribution is 7.22. The molecular formula is C22H23FN6O3S. The van der Waals surface area contributed by atoms with E-state index in [1.807, 2.05) is 4.90 Å². The first-order valence-corrected chi connectivity index (χ1v) is 11.8. The monoisotopic (exact) mass is 470 g/mol. The minimum atomic E-state index is -0.551. The van der Waals surface area contributed by atoms with Gasteiger partial charge in [0.25, 0.3) is 5.56 Å². The lowest BCUT2D eigenvalue weighted by Gasteiger charge is -2.31. The van der Waals surface area contributed by atoms with Crippen molar-refractivity contribution in [2.24, 2.45) is 5.92 Å². The Balaban J connectivity index is 1.31. The Morgan fingerprint density at radius 3 is 2.82 bits per heavy atom. The van der Waals surface area contributed by atoms with Crippen molar-refractivity contribution in [3.05, 3.63) is 46.8 Å². The maximum Gasteiger partial charge on any atom is 0.273 e. The predicted molar refractivity (Wildman–Crippen MR) is 123 cm³/mol. The summed E-state index contributed by atoms with van der Waals surface area (Å²) in [5.74, 6) is -1.10. The van der Waals surface area contributed by atoms with Gasteiger partial charge >= 0.3 is 0 Å². The Hall–Kier alpha value is -3.34. The number of fused-ring (bicyclic) bond motifs is 1. The van der Waals surface area contributed by atoms with Crippen LogP contribution in [0.15, 0.2) is 35.4 Å². The number of rotatable bonds is 6. The number of hydrogen-bond acceptors (Lipinski definition) is 7. The molecule has 0 spiro atoms. The molecule has 1 aliphatic carbocycles. The number of hydrogen-bond donors (Lipinski definition) is 2. The van der Waals surface area contributed by atoms with Crippen LogP contribution in [0.5, 0.6) is 0 Å². The summed E-state index contributed by atoms with van der Waals surface area (Å²) in [7, 11) is 0. The number of carbonyl (C=O) groups excluding carboxylic acids is 2. The molecule has 9 nitrogen and oxygen atoms in total. The molecule has 2 aromatic heterocycles. The van der Waals surface area contributed by atoms with E-state index in [4.69, 9.17) is 0 Å². The van der Waals surface area contributed by atoms with E-state index in [0.29, 0.717) is 28.1 Å². The van der Waals surface area contributed by atoms with Crippen molar-refractivity contribution in [1.82, 2.24) is 19.9 Å². The molecule has 33 heavy (non-hydrogen) atoms. The molecular weight excluding hydrogens is 447 g/mol. The van der Waals surface area contributed by atoms with Crippen molar-refractivity contribution >= 4 is 44.3 Å². The molecule has 11 heteroatoms. The molecule has 2 aliphatic rings. The first-order chi connectivity index (χ1) is 16.0. The molecule has 5 rings (SSSR count). The average molecular weight is 471 g/mol. The van der Waals surface area contributed by atoms with Gasteiger partial charge in [-0.3, -0.25) is 19.0 Å². The second-order valence-corrected chi connectivity index (χ2v) is 9.40. The first-order valence-electron chi connectivity index (χ1n) is 10.9. The number of para-hydroxylation sites is 1. The van der Waals surface area contributed by atoms with Crippen molar-refractivity contribution < 1.29 is 14.0 Å². The van der Waals surface area contributed by atoms with Crippen LogP contribution in [0.25, 0.3) is 10.3 Å². The number of anilines is 2. The standard InChI is InChI=1S/C22H23FN6O3S/c23-15-5-1-2-6-16(15)26-17(30)11-29-12-24-19-18(21(29)32)33-22(27-19)28-9-3-4-13(10-28)20(31)25-14-7-8-14/h1-2,5-6,12-14H,3-4,7-11H2,(H,25,31)(H,26,30). The Bertz CT molecular complexity index is 1270. The largest absolute Gasteiger partial charge is 0.353 e. The number of nitrogens with zero attached hydrogens (tertiary/aromatic N) is 4. The van der Waals surface area contributed by atoms with Gasteiger partial charge in [0, 0.05) is 19.1 Å². The third-order valence-electron chi connectivity index (χ3n) is 5.82. The Labute approximate surface area is 192 Å². The van der Waals surface area contributed by atoms with Crippen LogP contribution in [0.4, 0.5) is 15.2 Å². The lowest BCUT2D eigenvalue weighted by Crippen LogP contribution is -2.43. The summed E-state index contributed by atoms with van der Waals surface area (Å²) < 4.78 is 15.3. The number of nitrogens with one attached hydrogen (secondary N) is 2. The van der Waals surface area contributed by atoms with E-state index in [2.05, 4.69) is 20.6 Å². The summed E-state index contributed by atoms with van der Waals surface area (Å²) in [6, 6.07) is 6.16. The number of halogens is 1. The molecule has 3 aromatic rings. The second kappa shape index (κ2) is 8.89. The minimum Gasteiger partial charge on any atom is -0.353 e.